The summed E-state index contributed by atoms with van der Waals surface area (Å²) in [5.74, 6) is 0.106. The fraction of sp³-hybridized carbons (Fsp3) is 0.917. The lowest BCUT2D eigenvalue weighted by atomic mass is 10.0. The molecule has 1 amide bonds. The van der Waals surface area contributed by atoms with Crippen LogP contribution in [-0.4, -0.2) is 56.2 Å². The van der Waals surface area contributed by atoms with Crippen LogP contribution >= 0.6 is 0 Å². The number of hydrogen-bond donors (Lipinski definition) is 1. The van der Waals surface area contributed by atoms with Crippen molar-refractivity contribution < 1.29 is 13.2 Å². The number of carbonyl (C=O) groups is 1. The van der Waals surface area contributed by atoms with E-state index in [1.807, 2.05) is 6.92 Å². The third kappa shape index (κ3) is 4.43. The number of rotatable bonds is 6. The summed E-state index contributed by atoms with van der Waals surface area (Å²) in [5, 5.41) is 2.47. The summed E-state index contributed by atoms with van der Waals surface area (Å²) in [5.41, 5.74) is 0. The van der Waals surface area contributed by atoms with E-state index < -0.39 is 10.2 Å². The summed E-state index contributed by atoms with van der Waals surface area (Å²) < 4.78 is 27.9. The van der Waals surface area contributed by atoms with Crippen molar-refractivity contribution in [3.8, 4) is 0 Å². The van der Waals surface area contributed by atoms with Crippen LogP contribution in [0.4, 0.5) is 0 Å². The molecule has 1 aliphatic heterocycles. The SMILES string of the molecule is CCCN(CC(=O)NC)S(=O)(=O)N1CCCC(C)C1. The van der Waals surface area contributed by atoms with Gasteiger partial charge in [0.05, 0.1) is 6.54 Å². The first kappa shape index (κ1) is 16.4. The standard InChI is InChI=1S/C12H25N3O3S/c1-4-7-14(10-12(16)13-3)19(17,18)15-8-5-6-11(2)9-15/h11H,4-10H2,1-3H3,(H,13,16). The lowest BCUT2D eigenvalue weighted by molar-refractivity contribution is -0.120. The summed E-state index contributed by atoms with van der Waals surface area (Å²) in [6.07, 6.45) is 2.65. The minimum Gasteiger partial charge on any atom is -0.358 e. The third-order valence-electron chi connectivity index (χ3n) is 3.34. The highest BCUT2D eigenvalue weighted by atomic mass is 32.2. The zero-order valence-corrected chi connectivity index (χ0v) is 12.9. The average Bonchev–Trinajstić information content (AvgIpc) is 2.38. The lowest BCUT2D eigenvalue weighted by Gasteiger charge is -2.34. The smallest absolute Gasteiger partial charge is 0.282 e. The van der Waals surface area contributed by atoms with E-state index in [0.29, 0.717) is 32.0 Å². The summed E-state index contributed by atoms with van der Waals surface area (Å²) in [6.45, 7) is 5.35. The van der Waals surface area contributed by atoms with Crippen molar-refractivity contribution in [2.45, 2.75) is 33.1 Å². The third-order valence-corrected chi connectivity index (χ3v) is 5.29. The molecule has 0 aliphatic carbocycles. The van der Waals surface area contributed by atoms with Crippen molar-refractivity contribution in [2.24, 2.45) is 5.92 Å². The average molecular weight is 291 g/mol. The maximum absolute atomic E-state index is 12.5. The zero-order valence-electron chi connectivity index (χ0n) is 12.1. The minimum absolute atomic E-state index is 0.0996. The maximum atomic E-state index is 12.5. The molecule has 0 saturated carbocycles. The Morgan fingerprint density at radius 3 is 2.68 bits per heavy atom. The van der Waals surface area contributed by atoms with Crippen molar-refractivity contribution >= 4 is 16.1 Å². The van der Waals surface area contributed by atoms with Crippen LogP contribution in [0, 0.1) is 5.92 Å². The molecule has 19 heavy (non-hydrogen) atoms. The highest BCUT2D eigenvalue weighted by molar-refractivity contribution is 7.86. The maximum Gasteiger partial charge on any atom is 0.282 e. The van der Waals surface area contributed by atoms with E-state index >= 15 is 0 Å². The predicted molar refractivity (Wildman–Crippen MR) is 74.8 cm³/mol. The molecule has 6 nitrogen and oxygen atoms in total. The molecule has 112 valence electrons. The van der Waals surface area contributed by atoms with Crippen molar-refractivity contribution in [3.63, 3.8) is 0 Å². The van der Waals surface area contributed by atoms with Gasteiger partial charge in [0, 0.05) is 26.7 Å². The van der Waals surface area contributed by atoms with Gasteiger partial charge in [-0.3, -0.25) is 4.79 Å². The van der Waals surface area contributed by atoms with Crippen LogP contribution in [0.1, 0.15) is 33.1 Å². The number of nitrogens with zero attached hydrogens (tertiary/aromatic N) is 2. The first-order valence-corrected chi connectivity index (χ1v) is 8.27. The molecular formula is C12H25N3O3S. The van der Waals surface area contributed by atoms with Crippen LogP contribution in [0.15, 0.2) is 0 Å². The number of piperidine rings is 1. The Labute approximate surface area is 116 Å². The number of nitrogens with one attached hydrogen (secondary N) is 1. The fourth-order valence-electron chi connectivity index (χ4n) is 2.28. The van der Waals surface area contributed by atoms with Gasteiger partial charge in [-0.15, -0.1) is 0 Å². The van der Waals surface area contributed by atoms with Crippen molar-refractivity contribution in [3.05, 3.63) is 0 Å². The van der Waals surface area contributed by atoms with Gasteiger partial charge in [0.2, 0.25) is 5.91 Å². The van der Waals surface area contributed by atoms with E-state index in [0.717, 1.165) is 12.8 Å². The second-order valence-corrected chi connectivity index (χ2v) is 7.05. The van der Waals surface area contributed by atoms with Crippen LogP contribution in [0.2, 0.25) is 0 Å². The number of likely N-dealkylation sites (N-methyl/N-ethyl adjacent to an activating group) is 1. The molecule has 0 aromatic rings. The van der Waals surface area contributed by atoms with E-state index in [-0.39, 0.29) is 12.5 Å². The molecule has 1 aliphatic rings. The van der Waals surface area contributed by atoms with Gasteiger partial charge in [-0.2, -0.15) is 17.0 Å². The molecule has 0 spiro atoms. The Morgan fingerprint density at radius 1 is 1.47 bits per heavy atom. The molecule has 0 radical (unpaired) electrons. The van der Waals surface area contributed by atoms with E-state index in [4.69, 9.17) is 0 Å². The van der Waals surface area contributed by atoms with Gasteiger partial charge >= 0.3 is 0 Å². The highest BCUT2D eigenvalue weighted by Gasteiger charge is 2.32. The molecule has 1 rings (SSSR count). The Balaban J connectivity index is 2.82. The van der Waals surface area contributed by atoms with E-state index in [9.17, 15) is 13.2 Å². The lowest BCUT2D eigenvalue weighted by Crippen LogP contribution is -2.50. The second kappa shape index (κ2) is 7.21. The first-order valence-electron chi connectivity index (χ1n) is 6.87. The monoisotopic (exact) mass is 291 g/mol. The van der Waals surface area contributed by atoms with E-state index in [1.165, 1.54) is 15.7 Å². The van der Waals surface area contributed by atoms with Gasteiger partial charge in [0.1, 0.15) is 0 Å². The predicted octanol–water partition coefficient (Wildman–Crippen LogP) is 0.421. The van der Waals surface area contributed by atoms with Crippen molar-refractivity contribution in [1.82, 2.24) is 13.9 Å². The molecular weight excluding hydrogens is 266 g/mol. The molecule has 1 N–H and O–H groups in total. The molecule has 0 aromatic heterocycles. The first-order chi connectivity index (χ1) is 8.91. The zero-order chi connectivity index (χ0) is 14.5. The molecule has 0 bridgehead atoms. The number of carbonyl (C=O) groups excluding carboxylic acids is 1. The van der Waals surface area contributed by atoms with Gasteiger partial charge < -0.3 is 5.32 Å². The Kier molecular flexibility index (Phi) is 6.22. The van der Waals surface area contributed by atoms with Crippen molar-refractivity contribution in [1.29, 1.82) is 0 Å². The molecule has 1 heterocycles. The molecule has 0 aromatic carbocycles. The number of amides is 1. The summed E-state index contributed by atoms with van der Waals surface area (Å²) in [4.78, 5) is 11.5. The van der Waals surface area contributed by atoms with E-state index in [1.54, 1.807) is 0 Å². The molecule has 1 fully saturated rings. The minimum atomic E-state index is -3.52. The van der Waals surface area contributed by atoms with Gasteiger partial charge in [-0.1, -0.05) is 13.8 Å². The van der Waals surface area contributed by atoms with E-state index in [2.05, 4.69) is 12.2 Å². The Hall–Kier alpha value is -0.660. The summed E-state index contributed by atoms with van der Waals surface area (Å²) >= 11 is 0. The Bertz CT molecular complexity index is 397. The normalized spacial score (nSPS) is 21.6. The largest absolute Gasteiger partial charge is 0.358 e. The van der Waals surface area contributed by atoms with Crippen LogP contribution in [0.5, 0.6) is 0 Å². The van der Waals surface area contributed by atoms with Crippen LogP contribution < -0.4 is 5.32 Å². The molecule has 1 saturated heterocycles. The topological polar surface area (TPSA) is 69.7 Å². The molecule has 1 unspecified atom stereocenters. The van der Waals surface area contributed by atoms with Crippen LogP contribution in [0.3, 0.4) is 0 Å². The van der Waals surface area contributed by atoms with Crippen molar-refractivity contribution in [2.75, 3.05) is 33.2 Å². The number of hydrogen-bond acceptors (Lipinski definition) is 3. The van der Waals surface area contributed by atoms with Crippen LogP contribution in [-0.2, 0) is 15.0 Å². The molecule has 1 atom stereocenters. The van der Waals surface area contributed by atoms with Gasteiger partial charge in [-0.05, 0) is 25.2 Å². The summed E-state index contributed by atoms with van der Waals surface area (Å²) in [6, 6.07) is 0. The second-order valence-electron chi connectivity index (χ2n) is 5.12. The van der Waals surface area contributed by atoms with Gasteiger partial charge in [0.15, 0.2) is 0 Å². The van der Waals surface area contributed by atoms with Gasteiger partial charge in [-0.25, -0.2) is 0 Å². The molecule has 7 heteroatoms. The van der Waals surface area contributed by atoms with Gasteiger partial charge in [0.25, 0.3) is 10.2 Å². The quantitative estimate of drug-likeness (QED) is 0.771. The van der Waals surface area contributed by atoms with Crippen LogP contribution in [0.25, 0.3) is 0 Å². The highest BCUT2D eigenvalue weighted by Crippen LogP contribution is 2.20. The Morgan fingerprint density at radius 2 is 2.16 bits per heavy atom. The fourth-order valence-corrected chi connectivity index (χ4v) is 4.11. The summed E-state index contributed by atoms with van der Waals surface area (Å²) in [7, 11) is -2.00.